The number of rotatable bonds is 3. The molecule has 0 aliphatic carbocycles. The highest BCUT2D eigenvalue weighted by Crippen LogP contribution is 2.19. The van der Waals surface area contributed by atoms with Crippen molar-refractivity contribution in [1.29, 1.82) is 0 Å². The zero-order valence-corrected chi connectivity index (χ0v) is 10.3. The highest BCUT2D eigenvalue weighted by atomic mass is 14.6. The Labute approximate surface area is 97.5 Å². The van der Waals surface area contributed by atoms with Gasteiger partial charge in [0, 0.05) is 11.6 Å². The highest BCUT2D eigenvalue weighted by Gasteiger charge is 2.08. The molecular formula is C15H19N. The van der Waals surface area contributed by atoms with E-state index in [-0.39, 0.29) is 0 Å². The van der Waals surface area contributed by atoms with E-state index in [9.17, 15) is 0 Å². The van der Waals surface area contributed by atoms with E-state index in [1.807, 2.05) is 12.3 Å². The summed E-state index contributed by atoms with van der Waals surface area (Å²) in [5, 5.41) is 1.23. The normalized spacial score (nSPS) is 13.2. The van der Waals surface area contributed by atoms with E-state index in [0.717, 1.165) is 23.8 Å². The summed E-state index contributed by atoms with van der Waals surface area (Å²) >= 11 is 0. The van der Waals surface area contributed by atoms with Gasteiger partial charge >= 0.3 is 0 Å². The Balaban J connectivity index is 2.26. The summed E-state index contributed by atoms with van der Waals surface area (Å²) < 4.78 is 0. The second kappa shape index (κ2) is 4.65. The van der Waals surface area contributed by atoms with Crippen molar-refractivity contribution >= 4 is 10.9 Å². The summed E-state index contributed by atoms with van der Waals surface area (Å²) in [7, 11) is 0. The summed E-state index contributed by atoms with van der Waals surface area (Å²) in [6, 6.07) is 10.7. The van der Waals surface area contributed by atoms with E-state index in [1.165, 1.54) is 10.9 Å². The molecule has 0 aliphatic heterocycles. The van der Waals surface area contributed by atoms with Gasteiger partial charge in [-0.1, -0.05) is 39.0 Å². The van der Waals surface area contributed by atoms with Crippen molar-refractivity contribution < 1.29 is 0 Å². The quantitative estimate of drug-likeness (QED) is 0.749. The van der Waals surface area contributed by atoms with Crippen LogP contribution in [-0.2, 0) is 6.42 Å². The molecule has 1 aromatic heterocycles. The first-order valence-corrected chi connectivity index (χ1v) is 6.00. The molecule has 0 spiro atoms. The Kier molecular flexibility index (Phi) is 3.23. The number of pyridine rings is 1. The van der Waals surface area contributed by atoms with E-state index in [0.29, 0.717) is 0 Å². The predicted molar refractivity (Wildman–Crippen MR) is 69.4 cm³/mol. The van der Waals surface area contributed by atoms with Crippen molar-refractivity contribution in [2.75, 3.05) is 0 Å². The molecule has 84 valence electrons. The molecule has 1 heterocycles. The largest absolute Gasteiger partial charge is 0.256 e. The van der Waals surface area contributed by atoms with Crippen molar-refractivity contribution in [2.45, 2.75) is 27.2 Å². The maximum atomic E-state index is 4.39. The number of hydrogen-bond acceptors (Lipinski definition) is 1. The Morgan fingerprint density at radius 1 is 1.12 bits per heavy atom. The average molecular weight is 213 g/mol. The van der Waals surface area contributed by atoms with E-state index in [4.69, 9.17) is 0 Å². The molecule has 0 saturated carbocycles. The van der Waals surface area contributed by atoms with Gasteiger partial charge in [0.05, 0.1) is 5.52 Å². The van der Waals surface area contributed by atoms with Gasteiger partial charge in [0.25, 0.3) is 0 Å². The molecular weight excluding hydrogens is 194 g/mol. The number of fused-ring (bicyclic) bond motifs is 1. The van der Waals surface area contributed by atoms with Crippen LogP contribution in [0, 0.1) is 11.8 Å². The second-order valence-electron chi connectivity index (χ2n) is 4.96. The van der Waals surface area contributed by atoms with Crippen LogP contribution in [0.25, 0.3) is 10.9 Å². The van der Waals surface area contributed by atoms with Crippen LogP contribution in [0.15, 0.2) is 36.5 Å². The van der Waals surface area contributed by atoms with Crippen molar-refractivity contribution in [1.82, 2.24) is 4.98 Å². The van der Waals surface area contributed by atoms with Crippen LogP contribution in [0.5, 0.6) is 0 Å². The van der Waals surface area contributed by atoms with Gasteiger partial charge in [-0.3, -0.25) is 4.98 Å². The fourth-order valence-electron chi connectivity index (χ4n) is 1.85. The van der Waals surface area contributed by atoms with Gasteiger partial charge in [0.15, 0.2) is 0 Å². The third-order valence-corrected chi connectivity index (χ3v) is 3.37. The van der Waals surface area contributed by atoms with Gasteiger partial charge < -0.3 is 0 Å². The average Bonchev–Trinajstić information content (AvgIpc) is 2.28. The van der Waals surface area contributed by atoms with Crippen molar-refractivity contribution in [3.8, 4) is 0 Å². The fraction of sp³-hybridized carbons (Fsp3) is 0.400. The van der Waals surface area contributed by atoms with Gasteiger partial charge in [-0.25, -0.2) is 0 Å². The molecule has 0 aliphatic rings. The standard InChI is InChI=1S/C15H19N/c1-11(2)12(3)9-13-6-7-14-5-4-8-16-15(14)10-13/h4-8,10-12H,9H2,1-3H3. The zero-order valence-electron chi connectivity index (χ0n) is 10.3. The molecule has 0 saturated heterocycles. The molecule has 1 atom stereocenters. The summed E-state index contributed by atoms with van der Waals surface area (Å²) in [4.78, 5) is 4.39. The first kappa shape index (κ1) is 11.1. The third-order valence-electron chi connectivity index (χ3n) is 3.37. The van der Waals surface area contributed by atoms with Crippen LogP contribution < -0.4 is 0 Å². The molecule has 1 heteroatoms. The van der Waals surface area contributed by atoms with Gasteiger partial charge in [-0.15, -0.1) is 0 Å². The maximum Gasteiger partial charge on any atom is 0.0704 e. The fourth-order valence-corrected chi connectivity index (χ4v) is 1.85. The summed E-state index contributed by atoms with van der Waals surface area (Å²) in [5.41, 5.74) is 2.50. The number of aromatic nitrogens is 1. The molecule has 1 aromatic carbocycles. The molecule has 1 unspecified atom stereocenters. The number of hydrogen-bond donors (Lipinski definition) is 0. The van der Waals surface area contributed by atoms with Crippen LogP contribution in [0.1, 0.15) is 26.3 Å². The number of nitrogens with zero attached hydrogens (tertiary/aromatic N) is 1. The maximum absolute atomic E-state index is 4.39. The van der Waals surface area contributed by atoms with Crippen LogP contribution in [-0.4, -0.2) is 4.98 Å². The lowest BCUT2D eigenvalue weighted by atomic mass is 9.91. The highest BCUT2D eigenvalue weighted by molar-refractivity contribution is 5.78. The predicted octanol–water partition coefficient (Wildman–Crippen LogP) is 4.07. The van der Waals surface area contributed by atoms with Crippen molar-refractivity contribution in [2.24, 2.45) is 11.8 Å². The monoisotopic (exact) mass is 213 g/mol. The molecule has 2 rings (SSSR count). The first-order valence-electron chi connectivity index (χ1n) is 6.00. The molecule has 0 bridgehead atoms. The molecule has 0 radical (unpaired) electrons. The number of benzene rings is 1. The van der Waals surface area contributed by atoms with Crippen LogP contribution >= 0.6 is 0 Å². The molecule has 2 aromatic rings. The molecule has 16 heavy (non-hydrogen) atoms. The minimum atomic E-state index is 0.723. The smallest absolute Gasteiger partial charge is 0.0704 e. The van der Waals surface area contributed by atoms with Gasteiger partial charge in [0.1, 0.15) is 0 Å². The summed E-state index contributed by atoms with van der Waals surface area (Å²) in [6.45, 7) is 6.88. The lowest BCUT2D eigenvalue weighted by Crippen LogP contribution is -2.07. The topological polar surface area (TPSA) is 12.9 Å². The lowest BCUT2D eigenvalue weighted by molar-refractivity contribution is 0.417. The van der Waals surface area contributed by atoms with Crippen LogP contribution in [0.4, 0.5) is 0 Å². The molecule has 0 fully saturated rings. The van der Waals surface area contributed by atoms with Gasteiger partial charge in [-0.05, 0) is 36.0 Å². The third kappa shape index (κ3) is 2.41. The Bertz CT molecular complexity index is 474. The Hall–Kier alpha value is -1.37. The minimum Gasteiger partial charge on any atom is -0.256 e. The van der Waals surface area contributed by atoms with Crippen LogP contribution in [0.3, 0.4) is 0 Å². The molecule has 0 N–H and O–H groups in total. The first-order chi connectivity index (χ1) is 7.66. The van der Waals surface area contributed by atoms with Gasteiger partial charge in [0.2, 0.25) is 0 Å². The lowest BCUT2D eigenvalue weighted by Gasteiger charge is -2.15. The SMILES string of the molecule is CC(C)C(C)Cc1ccc2cccnc2c1. The summed E-state index contributed by atoms with van der Waals surface area (Å²) in [6.07, 6.45) is 3.00. The van der Waals surface area contributed by atoms with E-state index in [2.05, 4.69) is 50.0 Å². The molecule has 0 amide bonds. The van der Waals surface area contributed by atoms with E-state index < -0.39 is 0 Å². The summed E-state index contributed by atoms with van der Waals surface area (Å²) in [5.74, 6) is 1.46. The van der Waals surface area contributed by atoms with E-state index >= 15 is 0 Å². The Morgan fingerprint density at radius 2 is 1.94 bits per heavy atom. The van der Waals surface area contributed by atoms with Crippen molar-refractivity contribution in [3.05, 3.63) is 42.1 Å². The van der Waals surface area contributed by atoms with Crippen LogP contribution in [0.2, 0.25) is 0 Å². The van der Waals surface area contributed by atoms with Gasteiger partial charge in [-0.2, -0.15) is 0 Å². The molecule has 1 nitrogen and oxygen atoms in total. The zero-order chi connectivity index (χ0) is 11.5. The van der Waals surface area contributed by atoms with Crippen molar-refractivity contribution in [3.63, 3.8) is 0 Å². The van der Waals surface area contributed by atoms with E-state index in [1.54, 1.807) is 0 Å². The Morgan fingerprint density at radius 3 is 2.69 bits per heavy atom. The minimum absolute atomic E-state index is 0.723. The second-order valence-corrected chi connectivity index (χ2v) is 4.96.